The van der Waals surface area contributed by atoms with E-state index < -0.39 is 0 Å². The molecule has 2 aromatic rings. The molecule has 1 nitrogen and oxygen atoms in total. The highest BCUT2D eigenvalue weighted by Gasteiger charge is 2.07. The molecular formula is C15H16IN. The van der Waals surface area contributed by atoms with Crippen LogP contribution in [0.3, 0.4) is 0 Å². The number of nitrogens with zero attached hydrogens (tertiary/aromatic N) is 1. The average molecular weight is 337 g/mol. The largest absolute Gasteiger partial charge is 0.287 e. The van der Waals surface area contributed by atoms with Crippen LogP contribution >= 0.6 is 22.6 Å². The van der Waals surface area contributed by atoms with Crippen LogP contribution in [0.15, 0.2) is 41.4 Å². The molecule has 0 heterocycles. The smallest absolute Gasteiger partial charge is 0.0524 e. The molecule has 0 fully saturated rings. The predicted octanol–water partition coefficient (Wildman–Crippen LogP) is 4.66. The van der Waals surface area contributed by atoms with E-state index in [1.807, 2.05) is 6.21 Å². The van der Waals surface area contributed by atoms with Crippen LogP contribution in [0.25, 0.3) is 10.8 Å². The van der Waals surface area contributed by atoms with Crippen molar-refractivity contribution in [1.29, 1.82) is 0 Å². The van der Waals surface area contributed by atoms with Crippen molar-refractivity contribution in [2.24, 2.45) is 4.99 Å². The highest BCUT2D eigenvalue weighted by Crippen LogP contribution is 2.23. The van der Waals surface area contributed by atoms with Crippen LogP contribution in [-0.4, -0.2) is 11.8 Å². The topological polar surface area (TPSA) is 12.4 Å². The fourth-order valence-corrected chi connectivity index (χ4v) is 2.27. The van der Waals surface area contributed by atoms with E-state index in [1.165, 1.54) is 19.9 Å². The summed E-state index contributed by atoms with van der Waals surface area (Å²) in [5, 5.41) is 2.54. The number of halogens is 1. The van der Waals surface area contributed by atoms with Gasteiger partial charge in [-0.05, 0) is 60.2 Å². The van der Waals surface area contributed by atoms with Gasteiger partial charge in [0.1, 0.15) is 0 Å². The number of rotatable bonds is 1. The molecule has 0 atom stereocenters. The first kappa shape index (κ1) is 12.6. The molecular weight excluding hydrogens is 321 g/mol. The predicted molar refractivity (Wildman–Crippen MR) is 84.0 cm³/mol. The summed E-state index contributed by atoms with van der Waals surface area (Å²) in [7, 11) is 0. The summed E-state index contributed by atoms with van der Waals surface area (Å²) >= 11 is 2.37. The van der Waals surface area contributed by atoms with Crippen LogP contribution in [0.2, 0.25) is 0 Å². The van der Waals surface area contributed by atoms with Gasteiger partial charge in [0.05, 0.1) is 5.54 Å². The first-order valence-corrected chi connectivity index (χ1v) is 6.78. The molecule has 0 radical (unpaired) electrons. The van der Waals surface area contributed by atoms with E-state index in [4.69, 9.17) is 0 Å². The van der Waals surface area contributed by atoms with E-state index in [0.717, 1.165) is 0 Å². The summed E-state index contributed by atoms with van der Waals surface area (Å²) in [6.07, 6.45) is 2.00. The lowest BCUT2D eigenvalue weighted by molar-refractivity contribution is 0.587. The van der Waals surface area contributed by atoms with Gasteiger partial charge in [-0.3, -0.25) is 4.99 Å². The van der Waals surface area contributed by atoms with E-state index in [1.54, 1.807) is 0 Å². The molecule has 0 aliphatic rings. The van der Waals surface area contributed by atoms with Crippen molar-refractivity contribution in [3.05, 3.63) is 45.5 Å². The van der Waals surface area contributed by atoms with Crippen molar-refractivity contribution in [3.63, 3.8) is 0 Å². The van der Waals surface area contributed by atoms with Crippen molar-refractivity contribution < 1.29 is 0 Å². The van der Waals surface area contributed by atoms with Crippen molar-refractivity contribution >= 4 is 39.6 Å². The Morgan fingerprint density at radius 3 is 2.47 bits per heavy atom. The summed E-state index contributed by atoms with van der Waals surface area (Å²) in [4.78, 5) is 4.61. The fraction of sp³-hybridized carbons (Fsp3) is 0.267. The lowest BCUT2D eigenvalue weighted by atomic mass is 10.0. The summed E-state index contributed by atoms with van der Waals surface area (Å²) in [5.74, 6) is 0. The molecule has 0 saturated heterocycles. The number of hydrogen-bond acceptors (Lipinski definition) is 1. The molecule has 17 heavy (non-hydrogen) atoms. The Labute approximate surface area is 116 Å². The second-order valence-corrected chi connectivity index (χ2v) is 6.27. The Balaban J connectivity index is 2.59. The van der Waals surface area contributed by atoms with Gasteiger partial charge in [0.15, 0.2) is 0 Å². The molecule has 0 aromatic heterocycles. The summed E-state index contributed by atoms with van der Waals surface area (Å²) in [6.45, 7) is 6.34. The average Bonchev–Trinajstić information content (AvgIpc) is 2.26. The first-order valence-electron chi connectivity index (χ1n) is 5.70. The van der Waals surface area contributed by atoms with Crippen LogP contribution in [-0.2, 0) is 0 Å². The standard InChI is InChI=1S/C15H16IN/c1-15(2,3)17-10-13-12-7-5-4-6-11(12)8-9-14(13)16/h4-10H,1-3H3. The number of hydrogen-bond donors (Lipinski definition) is 0. The molecule has 88 valence electrons. The minimum Gasteiger partial charge on any atom is -0.287 e. The summed E-state index contributed by atoms with van der Waals surface area (Å²) < 4.78 is 1.24. The van der Waals surface area contributed by atoms with Gasteiger partial charge < -0.3 is 0 Å². The molecule has 2 heteroatoms. The van der Waals surface area contributed by atoms with Crippen molar-refractivity contribution in [2.45, 2.75) is 26.3 Å². The Kier molecular flexibility index (Phi) is 3.52. The third-order valence-electron chi connectivity index (χ3n) is 2.50. The van der Waals surface area contributed by atoms with Gasteiger partial charge in [-0.25, -0.2) is 0 Å². The Hall–Kier alpha value is -0.900. The number of benzene rings is 2. The van der Waals surface area contributed by atoms with Crippen molar-refractivity contribution in [1.82, 2.24) is 0 Å². The maximum absolute atomic E-state index is 4.61. The maximum atomic E-state index is 4.61. The van der Waals surface area contributed by atoms with Crippen LogP contribution in [0.5, 0.6) is 0 Å². The Bertz CT molecular complexity index is 565. The van der Waals surface area contributed by atoms with Crippen LogP contribution < -0.4 is 0 Å². The van der Waals surface area contributed by atoms with Gasteiger partial charge >= 0.3 is 0 Å². The van der Waals surface area contributed by atoms with E-state index in [-0.39, 0.29) is 5.54 Å². The molecule has 0 spiro atoms. The summed E-state index contributed by atoms with van der Waals surface area (Å²) in [6, 6.07) is 12.7. The molecule has 2 rings (SSSR count). The van der Waals surface area contributed by atoms with Crippen molar-refractivity contribution in [3.8, 4) is 0 Å². The molecule has 0 saturated carbocycles. The molecule has 0 aliphatic carbocycles. The third kappa shape index (κ3) is 3.06. The van der Waals surface area contributed by atoms with Crippen LogP contribution in [0, 0.1) is 3.57 Å². The van der Waals surface area contributed by atoms with E-state index in [2.05, 4.69) is 84.8 Å². The second kappa shape index (κ2) is 4.77. The Morgan fingerprint density at radius 2 is 1.76 bits per heavy atom. The lowest BCUT2D eigenvalue weighted by Crippen LogP contribution is -2.10. The zero-order valence-corrected chi connectivity index (χ0v) is 12.5. The monoisotopic (exact) mass is 337 g/mol. The minimum atomic E-state index is -0.0278. The third-order valence-corrected chi connectivity index (χ3v) is 3.44. The molecule has 0 unspecified atom stereocenters. The zero-order valence-electron chi connectivity index (χ0n) is 10.4. The minimum absolute atomic E-state index is 0.0278. The highest BCUT2D eigenvalue weighted by atomic mass is 127. The van der Waals surface area contributed by atoms with Crippen LogP contribution in [0.4, 0.5) is 0 Å². The molecule has 2 aromatic carbocycles. The number of aliphatic imine (C=N–C) groups is 1. The van der Waals surface area contributed by atoms with E-state index in [9.17, 15) is 0 Å². The molecule has 0 bridgehead atoms. The zero-order chi connectivity index (χ0) is 12.5. The van der Waals surface area contributed by atoms with Gasteiger partial charge in [-0.2, -0.15) is 0 Å². The summed E-state index contributed by atoms with van der Waals surface area (Å²) in [5.41, 5.74) is 1.19. The SMILES string of the molecule is CC(C)(C)N=Cc1c(I)ccc2ccccc12. The highest BCUT2D eigenvalue weighted by molar-refractivity contribution is 14.1. The molecule has 0 amide bonds. The van der Waals surface area contributed by atoms with Gasteiger partial charge in [0, 0.05) is 15.3 Å². The molecule has 0 N–H and O–H groups in total. The van der Waals surface area contributed by atoms with E-state index >= 15 is 0 Å². The fourth-order valence-electron chi connectivity index (χ4n) is 1.66. The van der Waals surface area contributed by atoms with Crippen molar-refractivity contribution in [2.75, 3.05) is 0 Å². The maximum Gasteiger partial charge on any atom is 0.0524 e. The second-order valence-electron chi connectivity index (χ2n) is 5.11. The lowest BCUT2D eigenvalue weighted by Gasteiger charge is -2.12. The quantitative estimate of drug-likeness (QED) is 0.530. The van der Waals surface area contributed by atoms with Gasteiger partial charge in [-0.15, -0.1) is 0 Å². The van der Waals surface area contributed by atoms with E-state index in [0.29, 0.717) is 0 Å². The van der Waals surface area contributed by atoms with Gasteiger partial charge in [-0.1, -0.05) is 30.3 Å². The Morgan fingerprint density at radius 1 is 1.06 bits per heavy atom. The number of fused-ring (bicyclic) bond motifs is 1. The first-order chi connectivity index (χ1) is 7.97. The normalized spacial score (nSPS) is 12.5. The van der Waals surface area contributed by atoms with Crippen LogP contribution in [0.1, 0.15) is 26.3 Å². The van der Waals surface area contributed by atoms with Gasteiger partial charge in [0.25, 0.3) is 0 Å². The molecule has 0 aliphatic heterocycles. The van der Waals surface area contributed by atoms with Gasteiger partial charge in [0.2, 0.25) is 0 Å².